The quantitative estimate of drug-likeness (QED) is 0.822. The predicted octanol–water partition coefficient (Wildman–Crippen LogP) is 1.44. The van der Waals surface area contributed by atoms with Crippen molar-refractivity contribution >= 4 is 11.8 Å². The average molecular weight is 225 g/mol. The maximum absolute atomic E-state index is 4.45. The van der Waals surface area contributed by atoms with E-state index in [0.29, 0.717) is 0 Å². The van der Waals surface area contributed by atoms with Gasteiger partial charge < -0.3 is 5.32 Å². The highest BCUT2D eigenvalue weighted by Crippen LogP contribution is 2.18. The monoisotopic (exact) mass is 225 g/mol. The first-order chi connectivity index (χ1) is 7.29. The van der Waals surface area contributed by atoms with E-state index in [9.17, 15) is 0 Å². The van der Waals surface area contributed by atoms with E-state index in [4.69, 9.17) is 0 Å². The van der Waals surface area contributed by atoms with Crippen molar-refractivity contribution in [3.05, 3.63) is 17.5 Å². The van der Waals surface area contributed by atoms with E-state index in [0.717, 1.165) is 18.1 Å². The molecule has 84 valence electrons. The molecule has 1 aromatic rings. The predicted molar refractivity (Wildman–Crippen MR) is 65.1 cm³/mol. The maximum Gasteiger partial charge on any atom is 0.0624 e. The molecule has 0 bridgehead atoms. The summed E-state index contributed by atoms with van der Waals surface area (Å²) in [6.07, 6.45) is 1.03. The second-order valence-corrected chi connectivity index (χ2v) is 5.17. The summed E-state index contributed by atoms with van der Waals surface area (Å²) in [6.45, 7) is 4.57. The zero-order valence-electron chi connectivity index (χ0n) is 9.49. The standard InChI is InChI=1S/C11H19N3S/c1-3-10-4-11(14(2)13-10)8-15-7-9-5-12-6-9/h4,9,12H,3,5-8H2,1-2H3. The van der Waals surface area contributed by atoms with E-state index < -0.39 is 0 Å². The number of rotatable bonds is 5. The highest BCUT2D eigenvalue weighted by molar-refractivity contribution is 7.98. The smallest absolute Gasteiger partial charge is 0.0624 e. The minimum absolute atomic E-state index is 0.897. The van der Waals surface area contributed by atoms with Crippen molar-refractivity contribution in [3.8, 4) is 0 Å². The van der Waals surface area contributed by atoms with Gasteiger partial charge in [-0.1, -0.05) is 6.92 Å². The van der Waals surface area contributed by atoms with Crippen LogP contribution in [-0.2, 0) is 19.2 Å². The van der Waals surface area contributed by atoms with Gasteiger partial charge in [0, 0.05) is 18.5 Å². The minimum Gasteiger partial charge on any atom is -0.316 e. The highest BCUT2D eigenvalue weighted by atomic mass is 32.2. The van der Waals surface area contributed by atoms with Gasteiger partial charge in [-0.05, 0) is 37.2 Å². The summed E-state index contributed by atoms with van der Waals surface area (Å²) in [5, 5.41) is 7.76. The summed E-state index contributed by atoms with van der Waals surface area (Å²) < 4.78 is 2.02. The van der Waals surface area contributed by atoms with E-state index in [1.807, 2.05) is 23.5 Å². The molecule has 2 rings (SSSR count). The van der Waals surface area contributed by atoms with Crippen molar-refractivity contribution in [1.29, 1.82) is 0 Å². The van der Waals surface area contributed by atoms with Gasteiger partial charge in [0.15, 0.2) is 0 Å². The number of hydrogen-bond donors (Lipinski definition) is 1. The fraction of sp³-hybridized carbons (Fsp3) is 0.727. The first-order valence-electron chi connectivity index (χ1n) is 5.60. The normalized spacial score (nSPS) is 16.7. The molecule has 3 nitrogen and oxygen atoms in total. The Balaban J connectivity index is 1.78. The summed E-state index contributed by atoms with van der Waals surface area (Å²) >= 11 is 2.03. The number of aryl methyl sites for hydroxylation is 2. The molecular formula is C11H19N3S. The SMILES string of the molecule is CCc1cc(CSCC2CNC2)n(C)n1. The molecule has 1 fully saturated rings. The third-order valence-electron chi connectivity index (χ3n) is 2.86. The van der Waals surface area contributed by atoms with E-state index in [-0.39, 0.29) is 0 Å². The topological polar surface area (TPSA) is 29.9 Å². The van der Waals surface area contributed by atoms with E-state index in [2.05, 4.69) is 23.4 Å². The van der Waals surface area contributed by atoms with Crippen molar-refractivity contribution in [2.75, 3.05) is 18.8 Å². The Morgan fingerprint density at radius 3 is 2.93 bits per heavy atom. The Bertz CT molecular complexity index is 318. The van der Waals surface area contributed by atoms with Crippen LogP contribution in [0.5, 0.6) is 0 Å². The van der Waals surface area contributed by atoms with E-state index >= 15 is 0 Å². The van der Waals surface area contributed by atoms with Crippen molar-refractivity contribution in [1.82, 2.24) is 15.1 Å². The van der Waals surface area contributed by atoms with Crippen LogP contribution < -0.4 is 5.32 Å². The lowest BCUT2D eigenvalue weighted by Gasteiger charge is -2.26. The molecule has 0 amide bonds. The summed E-state index contributed by atoms with van der Waals surface area (Å²) in [5.74, 6) is 3.27. The fourth-order valence-corrected chi connectivity index (χ4v) is 2.84. The van der Waals surface area contributed by atoms with Gasteiger partial charge in [0.05, 0.1) is 5.69 Å². The Labute approximate surface area is 95.6 Å². The average Bonchev–Trinajstić information content (AvgIpc) is 2.51. The van der Waals surface area contributed by atoms with Gasteiger partial charge in [0.25, 0.3) is 0 Å². The van der Waals surface area contributed by atoms with Gasteiger partial charge in [-0.25, -0.2) is 0 Å². The molecule has 1 aromatic heterocycles. The molecule has 0 spiro atoms. The zero-order valence-corrected chi connectivity index (χ0v) is 10.3. The Morgan fingerprint density at radius 2 is 2.40 bits per heavy atom. The lowest BCUT2D eigenvalue weighted by atomic mass is 10.1. The third-order valence-corrected chi connectivity index (χ3v) is 4.07. The van der Waals surface area contributed by atoms with Crippen LogP contribution in [0.1, 0.15) is 18.3 Å². The minimum atomic E-state index is 0.897. The molecule has 1 N–H and O–H groups in total. The van der Waals surface area contributed by atoms with Crippen molar-refractivity contribution in [2.45, 2.75) is 19.1 Å². The molecule has 0 radical (unpaired) electrons. The zero-order chi connectivity index (χ0) is 10.7. The number of thioether (sulfide) groups is 1. The van der Waals surface area contributed by atoms with Crippen LogP contribution in [0, 0.1) is 5.92 Å². The molecule has 1 aliphatic heterocycles. The van der Waals surface area contributed by atoms with E-state index in [1.54, 1.807) is 0 Å². The van der Waals surface area contributed by atoms with Gasteiger partial charge >= 0.3 is 0 Å². The largest absolute Gasteiger partial charge is 0.316 e. The second-order valence-electron chi connectivity index (χ2n) is 4.14. The molecule has 4 heteroatoms. The molecule has 2 heterocycles. The first kappa shape index (κ1) is 11.0. The maximum atomic E-state index is 4.45. The molecule has 0 saturated carbocycles. The molecule has 1 aliphatic rings. The van der Waals surface area contributed by atoms with Crippen molar-refractivity contribution in [3.63, 3.8) is 0 Å². The van der Waals surface area contributed by atoms with Crippen LogP contribution >= 0.6 is 11.8 Å². The Morgan fingerprint density at radius 1 is 1.60 bits per heavy atom. The highest BCUT2D eigenvalue weighted by Gasteiger charge is 2.16. The van der Waals surface area contributed by atoms with Crippen LogP contribution in [-0.4, -0.2) is 28.6 Å². The summed E-state index contributed by atoms with van der Waals surface area (Å²) in [4.78, 5) is 0. The van der Waals surface area contributed by atoms with Crippen molar-refractivity contribution in [2.24, 2.45) is 13.0 Å². The summed E-state index contributed by atoms with van der Waals surface area (Å²) in [5.41, 5.74) is 2.56. The van der Waals surface area contributed by atoms with Gasteiger partial charge in [0.1, 0.15) is 0 Å². The molecular weight excluding hydrogens is 206 g/mol. The Kier molecular flexibility index (Phi) is 3.70. The first-order valence-corrected chi connectivity index (χ1v) is 6.75. The number of nitrogens with zero attached hydrogens (tertiary/aromatic N) is 2. The molecule has 0 aliphatic carbocycles. The third kappa shape index (κ3) is 2.75. The van der Waals surface area contributed by atoms with Crippen LogP contribution in [0.4, 0.5) is 0 Å². The fourth-order valence-electron chi connectivity index (χ4n) is 1.68. The van der Waals surface area contributed by atoms with Gasteiger partial charge in [-0.2, -0.15) is 16.9 Å². The lowest BCUT2D eigenvalue weighted by Crippen LogP contribution is -2.43. The number of hydrogen-bond acceptors (Lipinski definition) is 3. The van der Waals surface area contributed by atoms with Crippen LogP contribution in [0.15, 0.2) is 6.07 Å². The van der Waals surface area contributed by atoms with Gasteiger partial charge in [-0.15, -0.1) is 0 Å². The summed E-state index contributed by atoms with van der Waals surface area (Å²) in [7, 11) is 2.04. The molecule has 0 unspecified atom stereocenters. The number of nitrogens with one attached hydrogen (secondary N) is 1. The van der Waals surface area contributed by atoms with Crippen LogP contribution in [0.3, 0.4) is 0 Å². The van der Waals surface area contributed by atoms with Crippen LogP contribution in [0.2, 0.25) is 0 Å². The Hall–Kier alpha value is -0.480. The van der Waals surface area contributed by atoms with Gasteiger partial charge in [-0.3, -0.25) is 4.68 Å². The van der Waals surface area contributed by atoms with E-state index in [1.165, 1.54) is 30.2 Å². The molecule has 1 saturated heterocycles. The molecule has 15 heavy (non-hydrogen) atoms. The second kappa shape index (κ2) is 5.03. The lowest BCUT2D eigenvalue weighted by molar-refractivity contribution is 0.385. The van der Waals surface area contributed by atoms with Gasteiger partial charge in [0.2, 0.25) is 0 Å². The summed E-state index contributed by atoms with van der Waals surface area (Å²) in [6, 6.07) is 2.23. The van der Waals surface area contributed by atoms with Crippen LogP contribution in [0.25, 0.3) is 0 Å². The molecule has 0 aromatic carbocycles. The molecule has 0 atom stereocenters. The number of aromatic nitrogens is 2. The van der Waals surface area contributed by atoms with Crippen molar-refractivity contribution < 1.29 is 0 Å².